The number of carbonyl (C=O) groups excluding carboxylic acids is 1. The molecule has 1 saturated heterocycles. The standard InChI is InChI=1S/C20H25N5O2S.C4H4O4/c1-2-27-20(26)24-10-5-6-15(9-11-24)22-19-23-17-7-3-4-8-18(17)25(19)12-16-13-28-14-21-16;5-3(6)1-2-4(7)8/h3-4,7-8,13-15H,2,5-6,9-12H2,1H3,(H,22,23);1-2H,(H,5,6)(H,7,8)/b;2-1+. The molecule has 4 rings (SSSR count). The highest BCUT2D eigenvalue weighted by Gasteiger charge is 2.23. The molecule has 0 bridgehead atoms. The molecule has 1 amide bonds. The molecule has 1 aromatic carbocycles. The van der Waals surface area contributed by atoms with Crippen LogP contribution in [-0.4, -0.2) is 73.4 Å². The van der Waals surface area contributed by atoms with Crippen LogP contribution in [0.15, 0.2) is 47.3 Å². The number of para-hydroxylation sites is 2. The topological polar surface area (TPSA) is 147 Å². The maximum atomic E-state index is 12.0. The second-order valence-corrected chi connectivity index (χ2v) is 8.68. The molecule has 3 heterocycles. The number of thiazole rings is 1. The van der Waals surface area contributed by atoms with E-state index in [4.69, 9.17) is 19.9 Å². The lowest BCUT2D eigenvalue weighted by Crippen LogP contribution is -2.33. The Hall–Kier alpha value is -3.93. The minimum atomic E-state index is -1.26. The van der Waals surface area contributed by atoms with E-state index in [0.29, 0.717) is 31.8 Å². The molecule has 36 heavy (non-hydrogen) atoms. The zero-order valence-electron chi connectivity index (χ0n) is 19.9. The molecule has 11 nitrogen and oxygen atoms in total. The van der Waals surface area contributed by atoms with Gasteiger partial charge in [0, 0.05) is 36.7 Å². The molecule has 0 radical (unpaired) electrons. The van der Waals surface area contributed by atoms with Crippen molar-refractivity contribution < 1.29 is 29.3 Å². The summed E-state index contributed by atoms with van der Waals surface area (Å²) in [6.07, 6.45) is 3.72. The van der Waals surface area contributed by atoms with Crippen molar-refractivity contribution in [3.8, 4) is 0 Å². The van der Waals surface area contributed by atoms with Gasteiger partial charge in [0.2, 0.25) is 5.95 Å². The SMILES string of the molecule is CCOC(=O)N1CCCC(Nc2nc3ccccc3n2Cc2cscn2)CC1.O=C(O)/C=C/C(=O)O. The Morgan fingerprint density at radius 2 is 1.92 bits per heavy atom. The summed E-state index contributed by atoms with van der Waals surface area (Å²) >= 11 is 1.60. The Balaban J connectivity index is 0.000000392. The highest BCUT2D eigenvalue weighted by molar-refractivity contribution is 7.07. The monoisotopic (exact) mass is 515 g/mol. The minimum absolute atomic E-state index is 0.209. The van der Waals surface area contributed by atoms with E-state index < -0.39 is 11.9 Å². The second kappa shape index (κ2) is 13.2. The van der Waals surface area contributed by atoms with Gasteiger partial charge in [-0.1, -0.05) is 12.1 Å². The molecule has 2 aromatic heterocycles. The highest BCUT2D eigenvalue weighted by atomic mass is 32.1. The third-order valence-corrected chi connectivity index (χ3v) is 6.05. The number of nitrogens with zero attached hydrogens (tertiary/aromatic N) is 4. The number of fused-ring (bicyclic) bond motifs is 1. The van der Waals surface area contributed by atoms with Crippen LogP contribution in [0.3, 0.4) is 0 Å². The van der Waals surface area contributed by atoms with Gasteiger partial charge < -0.3 is 29.7 Å². The summed E-state index contributed by atoms with van der Waals surface area (Å²) in [4.78, 5) is 42.2. The van der Waals surface area contributed by atoms with Gasteiger partial charge in [-0.15, -0.1) is 11.3 Å². The average molecular weight is 516 g/mol. The second-order valence-electron chi connectivity index (χ2n) is 7.96. The zero-order valence-corrected chi connectivity index (χ0v) is 20.7. The summed E-state index contributed by atoms with van der Waals surface area (Å²) in [5.74, 6) is -1.65. The predicted octanol–water partition coefficient (Wildman–Crippen LogP) is 3.68. The fraction of sp³-hybridized carbons (Fsp3) is 0.375. The number of nitrogens with one attached hydrogen (secondary N) is 1. The van der Waals surface area contributed by atoms with Crippen LogP contribution in [0, 0.1) is 0 Å². The van der Waals surface area contributed by atoms with Crippen LogP contribution in [0.5, 0.6) is 0 Å². The van der Waals surface area contributed by atoms with Crippen LogP contribution in [0.1, 0.15) is 31.9 Å². The molecule has 1 aliphatic rings. The molecule has 3 N–H and O–H groups in total. The Bertz CT molecular complexity index is 1180. The van der Waals surface area contributed by atoms with Crippen LogP contribution in [0.2, 0.25) is 0 Å². The van der Waals surface area contributed by atoms with Gasteiger partial charge in [-0.25, -0.2) is 24.4 Å². The number of amides is 1. The number of aromatic nitrogens is 3. The van der Waals surface area contributed by atoms with Crippen LogP contribution < -0.4 is 5.32 Å². The van der Waals surface area contributed by atoms with E-state index in [1.165, 1.54) is 0 Å². The van der Waals surface area contributed by atoms with E-state index in [2.05, 4.69) is 26.3 Å². The van der Waals surface area contributed by atoms with E-state index in [1.807, 2.05) is 35.5 Å². The number of rotatable bonds is 7. The van der Waals surface area contributed by atoms with Gasteiger partial charge in [-0.2, -0.15) is 0 Å². The average Bonchev–Trinajstić information content (AvgIpc) is 3.41. The van der Waals surface area contributed by atoms with Crippen molar-refractivity contribution in [2.45, 2.75) is 38.8 Å². The molecular weight excluding hydrogens is 486 g/mol. The molecule has 1 unspecified atom stereocenters. The van der Waals surface area contributed by atoms with Crippen molar-refractivity contribution in [2.24, 2.45) is 0 Å². The van der Waals surface area contributed by atoms with E-state index >= 15 is 0 Å². The molecule has 0 aliphatic carbocycles. The third-order valence-electron chi connectivity index (χ3n) is 5.41. The smallest absolute Gasteiger partial charge is 0.409 e. The van der Waals surface area contributed by atoms with Crippen molar-refractivity contribution in [1.29, 1.82) is 0 Å². The van der Waals surface area contributed by atoms with Crippen LogP contribution >= 0.6 is 11.3 Å². The van der Waals surface area contributed by atoms with Crippen molar-refractivity contribution in [3.63, 3.8) is 0 Å². The number of hydrogen-bond donors (Lipinski definition) is 3. The summed E-state index contributed by atoms with van der Waals surface area (Å²) in [5, 5.41) is 21.3. The molecule has 0 spiro atoms. The number of hydrogen-bond acceptors (Lipinski definition) is 8. The van der Waals surface area contributed by atoms with Crippen molar-refractivity contribution in [1.82, 2.24) is 19.4 Å². The van der Waals surface area contributed by atoms with Crippen molar-refractivity contribution in [3.05, 3.63) is 53.0 Å². The molecule has 3 aromatic rings. The number of likely N-dealkylation sites (tertiary alicyclic amines) is 1. The zero-order chi connectivity index (χ0) is 25.9. The molecule has 0 saturated carbocycles. The van der Waals surface area contributed by atoms with E-state index in [0.717, 1.165) is 48.5 Å². The first-order chi connectivity index (χ1) is 17.4. The lowest BCUT2D eigenvalue weighted by atomic mass is 10.1. The summed E-state index contributed by atoms with van der Waals surface area (Å²) < 4.78 is 7.35. The van der Waals surface area contributed by atoms with Gasteiger partial charge in [-0.05, 0) is 38.3 Å². The number of anilines is 1. The number of carboxylic acid groups (broad SMARTS) is 2. The molecule has 1 aliphatic heterocycles. The quantitative estimate of drug-likeness (QED) is 0.401. The molecule has 12 heteroatoms. The number of carbonyl (C=O) groups is 3. The largest absolute Gasteiger partial charge is 0.478 e. The summed E-state index contributed by atoms with van der Waals surface area (Å²) in [6, 6.07) is 8.44. The van der Waals surface area contributed by atoms with Crippen molar-refractivity contribution >= 4 is 46.4 Å². The maximum absolute atomic E-state index is 12.0. The normalized spacial score (nSPS) is 15.7. The number of benzene rings is 1. The first kappa shape index (κ1) is 26.7. The van der Waals surface area contributed by atoms with Gasteiger partial charge in [-0.3, -0.25) is 0 Å². The lowest BCUT2D eigenvalue weighted by molar-refractivity contribution is -0.134. The molecule has 1 atom stereocenters. The van der Waals surface area contributed by atoms with Crippen LogP contribution in [-0.2, 0) is 20.9 Å². The third kappa shape index (κ3) is 7.80. The Kier molecular flexibility index (Phi) is 9.81. The number of ether oxygens (including phenoxy) is 1. The van der Waals surface area contributed by atoms with Gasteiger partial charge >= 0.3 is 18.0 Å². The van der Waals surface area contributed by atoms with Gasteiger partial charge in [0.15, 0.2) is 0 Å². The lowest BCUT2D eigenvalue weighted by Gasteiger charge is -2.20. The van der Waals surface area contributed by atoms with Gasteiger partial charge in [0.25, 0.3) is 0 Å². The van der Waals surface area contributed by atoms with Crippen molar-refractivity contribution in [2.75, 3.05) is 25.0 Å². The maximum Gasteiger partial charge on any atom is 0.409 e. The Morgan fingerprint density at radius 1 is 1.17 bits per heavy atom. The Labute approximate surface area is 212 Å². The molecule has 192 valence electrons. The fourth-order valence-electron chi connectivity index (χ4n) is 3.79. The first-order valence-corrected chi connectivity index (χ1v) is 12.5. The van der Waals surface area contributed by atoms with E-state index in [-0.39, 0.29) is 12.1 Å². The molecule has 1 fully saturated rings. The van der Waals surface area contributed by atoms with E-state index in [9.17, 15) is 14.4 Å². The first-order valence-electron chi connectivity index (χ1n) is 11.5. The van der Waals surface area contributed by atoms with Gasteiger partial charge in [0.1, 0.15) is 0 Å². The predicted molar refractivity (Wildman–Crippen MR) is 135 cm³/mol. The van der Waals surface area contributed by atoms with Gasteiger partial charge in [0.05, 0.1) is 35.4 Å². The number of aliphatic carboxylic acids is 2. The van der Waals surface area contributed by atoms with Crippen LogP contribution in [0.25, 0.3) is 11.0 Å². The fourth-order valence-corrected chi connectivity index (χ4v) is 4.34. The van der Waals surface area contributed by atoms with E-state index in [1.54, 1.807) is 11.3 Å². The Morgan fingerprint density at radius 3 is 2.58 bits per heavy atom. The highest BCUT2D eigenvalue weighted by Crippen LogP contribution is 2.24. The summed E-state index contributed by atoms with van der Waals surface area (Å²) in [5.41, 5.74) is 4.96. The molecular formula is C24H29N5O6S. The van der Waals surface area contributed by atoms with Crippen LogP contribution in [0.4, 0.5) is 10.7 Å². The number of carboxylic acids is 2. The summed E-state index contributed by atoms with van der Waals surface area (Å²) in [7, 11) is 0. The summed E-state index contributed by atoms with van der Waals surface area (Å²) in [6.45, 7) is 4.38. The minimum Gasteiger partial charge on any atom is -0.478 e. The number of imidazole rings is 1.